The van der Waals surface area contributed by atoms with Gasteiger partial charge in [-0.15, -0.1) is 0 Å². The summed E-state index contributed by atoms with van der Waals surface area (Å²) in [6.45, 7) is 1.81. The lowest BCUT2D eigenvalue weighted by molar-refractivity contribution is 0.102. The van der Waals surface area contributed by atoms with Gasteiger partial charge < -0.3 is 5.32 Å². The molecule has 0 bridgehead atoms. The van der Waals surface area contributed by atoms with E-state index in [4.69, 9.17) is 0 Å². The molecule has 3 aromatic rings. The van der Waals surface area contributed by atoms with Gasteiger partial charge in [0.2, 0.25) is 0 Å². The molecule has 0 unspecified atom stereocenters. The summed E-state index contributed by atoms with van der Waals surface area (Å²) in [5, 5.41) is 2.84. The van der Waals surface area contributed by atoms with E-state index < -0.39 is 15.8 Å². The van der Waals surface area contributed by atoms with E-state index in [1.165, 1.54) is 16.4 Å². The van der Waals surface area contributed by atoms with Gasteiger partial charge in [0.05, 0.1) is 10.6 Å². The summed E-state index contributed by atoms with van der Waals surface area (Å²) in [5.74, 6) is -0.770. The van der Waals surface area contributed by atoms with Crippen molar-refractivity contribution < 1.29 is 17.6 Å². The fourth-order valence-corrected chi connectivity index (χ4v) is 5.69. The topological polar surface area (TPSA) is 66.5 Å². The molecule has 1 aliphatic rings. The van der Waals surface area contributed by atoms with Crippen LogP contribution in [-0.4, -0.2) is 20.4 Å². The first-order valence-electron chi connectivity index (χ1n) is 9.25. The molecule has 0 saturated heterocycles. The molecule has 0 aliphatic carbocycles. The monoisotopic (exact) mass is 488 g/mol. The van der Waals surface area contributed by atoms with Gasteiger partial charge >= 0.3 is 0 Å². The fraction of sp³-hybridized carbons (Fsp3) is 0.136. The SMILES string of the molecule is C[C@H]1Cc2cc(C(=O)Nc3cccc(Br)c3)ccc2N1S(=O)(=O)c1ccc(F)cc1. The first-order valence-corrected chi connectivity index (χ1v) is 11.5. The molecule has 1 aliphatic heterocycles. The average molecular weight is 489 g/mol. The molecule has 154 valence electrons. The summed E-state index contributed by atoms with van der Waals surface area (Å²) in [7, 11) is -3.84. The average Bonchev–Trinajstić information content (AvgIpc) is 3.03. The van der Waals surface area contributed by atoms with Crippen LogP contribution in [0.3, 0.4) is 0 Å². The number of rotatable bonds is 4. The minimum atomic E-state index is -3.84. The second kappa shape index (κ2) is 7.85. The number of fused-ring (bicyclic) bond motifs is 1. The number of hydrogen-bond acceptors (Lipinski definition) is 3. The van der Waals surface area contributed by atoms with Crippen molar-refractivity contribution in [3.63, 3.8) is 0 Å². The molecule has 0 spiro atoms. The van der Waals surface area contributed by atoms with Gasteiger partial charge in [-0.25, -0.2) is 12.8 Å². The Balaban J connectivity index is 1.63. The summed E-state index contributed by atoms with van der Waals surface area (Å²) in [4.78, 5) is 12.7. The van der Waals surface area contributed by atoms with E-state index in [1.807, 2.05) is 19.1 Å². The molecule has 1 amide bonds. The largest absolute Gasteiger partial charge is 0.322 e. The Morgan fingerprint density at radius 3 is 2.53 bits per heavy atom. The molecule has 1 atom stereocenters. The second-order valence-electron chi connectivity index (χ2n) is 7.12. The molecule has 0 saturated carbocycles. The first kappa shape index (κ1) is 20.6. The predicted octanol–water partition coefficient (Wildman–Crippen LogP) is 4.98. The molecule has 5 nitrogen and oxygen atoms in total. The lowest BCUT2D eigenvalue weighted by atomic mass is 10.1. The van der Waals surface area contributed by atoms with Crippen LogP contribution in [0.15, 0.2) is 76.1 Å². The molecule has 3 aromatic carbocycles. The van der Waals surface area contributed by atoms with Crippen molar-refractivity contribution in [1.29, 1.82) is 0 Å². The van der Waals surface area contributed by atoms with E-state index in [9.17, 15) is 17.6 Å². The van der Waals surface area contributed by atoms with Crippen LogP contribution in [0.25, 0.3) is 0 Å². The third kappa shape index (κ3) is 3.85. The Bertz CT molecular complexity index is 1230. The van der Waals surface area contributed by atoms with Crippen LogP contribution in [0, 0.1) is 5.82 Å². The molecule has 30 heavy (non-hydrogen) atoms. The Morgan fingerprint density at radius 2 is 1.83 bits per heavy atom. The van der Waals surface area contributed by atoms with Crippen LogP contribution in [-0.2, 0) is 16.4 Å². The highest BCUT2D eigenvalue weighted by molar-refractivity contribution is 9.10. The number of sulfonamides is 1. The Labute approximate surface area is 182 Å². The van der Waals surface area contributed by atoms with Gasteiger partial charge in [0, 0.05) is 21.8 Å². The quantitative estimate of drug-likeness (QED) is 0.562. The van der Waals surface area contributed by atoms with E-state index in [0.29, 0.717) is 23.4 Å². The summed E-state index contributed by atoms with van der Waals surface area (Å²) >= 11 is 3.37. The zero-order valence-corrected chi connectivity index (χ0v) is 18.4. The highest BCUT2D eigenvalue weighted by Crippen LogP contribution is 2.37. The minimum absolute atomic E-state index is 0.0278. The number of nitrogens with one attached hydrogen (secondary N) is 1. The van der Waals surface area contributed by atoms with Gasteiger partial charge in [0.25, 0.3) is 15.9 Å². The highest BCUT2D eigenvalue weighted by atomic mass is 79.9. The van der Waals surface area contributed by atoms with Crippen LogP contribution in [0.2, 0.25) is 0 Å². The van der Waals surface area contributed by atoms with E-state index in [1.54, 1.807) is 30.3 Å². The van der Waals surface area contributed by atoms with Crippen LogP contribution >= 0.6 is 15.9 Å². The number of amides is 1. The van der Waals surface area contributed by atoms with Gasteiger partial charge in [0.1, 0.15) is 5.82 Å². The maximum Gasteiger partial charge on any atom is 0.264 e. The maximum atomic E-state index is 13.2. The standard InChI is InChI=1S/C22H18BrFN2O3S/c1-14-11-16-12-15(22(27)25-19-4-2-3-17(23)13-19)5-10-21(16)26(14)30(28,29)20-8-6-18(24)7-9-20/h2-10,12-14H,11H2,1H3,(H,25,27)/t14-/m0/s1. The van der Waals surface area contributed by atoms with Crippen molar-refractivity contribution in [2.75, 3.05) is 9.62 Å². The molecule has 0 radical (unpaired) electrons. The summed E-state index contributed by atoms with van der Waals surface area (Å²) < 4.78 is 41.7. The zero-order chi connectivity index (χ0) is 21.5. The lowest BCUT2D eigenvalue weighted by Crippen LogP contribution is -2.35. The van der Waals surface area contributed by atoms with Gasteiger partial charge in [-0.1, -0.05) is 22.0 Å². The number of hydrogen-bond donors (Lipinski definition) is 1. The van der Waals surface area contributed by atoms with Gasteiger partial charge in [-0.2, -0.15) is 0 Å². The Morgan fingerprint density at radius 1 is 1.10 bits per heavy atom. The summed E-state index contributed by atoms with van der Waals surface area (Å²) in [6, 6.07) is 16.7. The third-order valence-electron chi connectivity index (χ3n) is 4.95. The molecule has 8 heteroatoms. The molecule has 4 rings (SSSR count). The number of benzene rings is 3. The molecular formula is C22H18BrFN2O3S. The predicted molar refractivity (Wildman–Crippen MR) is 118 cm³/mol. The Hall–Kier alpha value is -2.71. The molecule has 1 heterocycles. The number of nitrogens with zero attached hydrogens (tertiary/aromatic N) is 1. The fourth-order valence-electron chi connectivity index (χ4n) is 3.60. The first-order chi connectivity index (χ1) is 14.3. The van der Waals surface area contributed by atoms with Crippen LogP contribution in [0.1, 0.15) is 22.8 Å². The van der Waals surface area contributed by atoms with E-state index in [-0.39, 0.29) is 16.8 Å². The molecule has 1 N–H and O–H groups in total. The lowest BCUT2D eigenvalue weighted by Gasteiger charge is -2.24. The number of carbonyl (C=O) groups is 1. The second-order valence-corrected chi connectivity index (χ2v) is 9.85. The molecular weight excluding hydrogens is 471 g/mol. The van der Waals surface area contributed by atoms with Crippen molar-refractivity contribution in [2.45, 2.75) is 24.3 Å². The van der Waals surface area contributed by atoms with Crippen molar-refractivity contribution in [3.05, 3.63) is 88.1 Å². The van der Waals surface area contributed by atoms with Crippen molar-refractivity contribution in [1.82, 2.24) is 0 Å². The van der Waals surface area contributed by atoms with E-state index >= 15 is 0 Å². The van der Waals surface area contributed by atoms with Crippen molar-refractivity contribution in [3.8, 4) is 0 Å². The zero-order valence-electron chi connectivity index (χ0n) is 16.0. The maximum absolute atomic E-state index is 13.2. The molecule has 0 fully saturated rings. The highest BCUT2D eigenvalue weighted by Gasteiger charge is 2.36. The van der Waals surface area contributed by atoms with Gasteiger partial charge in [-0.3, -0.25) is 9.10 Å². The Kier molecular flexibility index (Phi) is 5.38. The number of anilines is 2. The van der Waals surface area contributed by atoms with Crippen molar-refractivity contribution in [2.24, 2.45) is 0 Å². The minimum Gasteiger partial charge on any atom is -0.322 e. The normalized spacial score (nSPS) is 15.7. The number of carbonyl (C=O) groups excluding carboxylic acids is 1. The van der Waals surface area contributed by atoms with Crippen molar-refractivity contribution >= 4 is 43.2 Å². The van der Waals surface area contributed by atoms with E-state index in [2.05, 4.69) is 21.2 Å². The third-order valence-corrected chi connectivity index (χ3v) is 7.38. The summed E-state index contributed by atoms with van der Waals surface area (Å²) in [5.41, 5.74) is 2.41. The smallest absolute Gasteiger partial charge is 0.264 e. The van der Waals surface area contributed by atoms with Gasteiger partial charge in [0.15, 0.2) is 0 Å². The van der Waals surface area contributed by atoms with Crippen LogP contribution in [0.5, 0.6) is 0 Å². The summed E-state index contributed by atoms with van der Waals surface area (Å²) in [6.07, 6.45) is 0.480. The van der Waals surface area contributed by atoms with Crippen LogP contribution in [0.4, 0.5) is 15.8 Å². The van der Waals surface area contributed by atoms with E-state index in [0.717, 1.165) is 22.2 Å². The van der Waals surface area contributed by atoms with Crippen LogP contribution < -0.4 is 9.62 Å². The molecule has 0 aromatic heterocycles. The number of halogens is 2. The van der Waals surface area contributed by atoms with Gasteiger partial charge in [-0.05, 0) is 79.6 Å².